The Labute approximate surface area is 140 Å². The molecule has 23 heavy (non-hydrogen) atoms. The second-order valence-electron chi connectivity index (χ2n) is 4.57. The average molecular weight is 349 g/mol. The summed E-state index contributed by atoms with van der Waals surface area (Å²) >= 11 is 7.07. The molecule has 0 aliphatic heterocycles. The monoisotopic (exact) mass is 348 g/mol. The Morgan fingerprint density at radius 2 is 1.83 bits per heavy atom. The summed E-state index contributed by atoms with van der Waals surface area (Å²) in [5, 5.41) is 12.6. The number of benzene rings is 2. The molecule has 0 saturated heterocycles. The summed E-state index contributed by atoms with van der Waals surface area (Å²) in [5.41, 5.74) is 1.19. The summed E-state index contributed by atoms with van der Waals surface area (Å²) < 4.78 is 14.4. The van der Waals surface area contributed by atoms with Crippen molar-refractivity contribution < 1.29 is 9.18 Å². The number of nitrogens with zero attached hydrogens (tertiary/aromatic N) is 4. The van der Waals surface area contributed by atoms with Gasteiger partial charge in [-0.25, -0.2) is 4.39 Å². The Morgan fingerprint density at radius 3 is 2.52 bits per heavy atom. The SMILES string of the molecule is O=C(CSc1nnnn1-c1ccc(Cl)cc1)c1ccc(F)cc1. The number of hydrogen-bond donors (Lipinski definition) is 0. The molecule has 1 heterocycles. The van der Waals surface area contributed by atoms with Crippen LogP contribution in [-0.2, 0) is 0 Å². The molecular weight excluding hydrogens is 339 g/mol. The fourth-order valence-electron chi connectivity index (χ4n) is 1.86. The standard InChI is InChI=1S/C15H10ClFN4OS/c16-11-3-7-13(8-4-11)21-15(18-19-20-21)23-9-14(22)10-1-5-12(17)6-2-10/h1-8H,9H2. The van der Waals surface area contributed by atoms with Gasteiger partial charge in [0.05, 0.1) is 11.4 Å². The normalized spacial score (nSPS) is 10.7. The van der Waals surface area contributed by atoms with E-state index in [0.717, 1.165) is 5.69 Å². The van der Waals surface area contributed by atoms with Crippen LogP contribution in [0.4, 0.5) is 4.39 Å². The van der Waals surface area contributed by atoms with Crippen LogP contribution in [-0.4, -0.2) is 31.7 Å². The highest BCUT2D eigenvalue weighted by molar-refractivity contribution is 7.99. The number of carbonyl (C=O) groups is 1. The van der Waals surface area contributed by atoms with Crippen LogP contribution in [0.5, 0.6) is 0 Å². The van der Waals surface area contributed by atoms with Gasteiger partial charge >= 0.3 is 0 Å². The van der Waals surface area contributed by atoms with E-state index in [4.69, 9.17) is 11.6 Å². The van der Waals surface area contributed by atoms with Gasteiger partial charge in [-0.2, -0.15) is 4.68 Å². The molecule has 0 spiro atoms. The van der Waals surface area contributed by atoms with E-state index in [9.17, 15) is 9.18 Å². The first kappa shape index (κ1) is 15.6. The number of ketones is 1. The molecule has 0 aliphatic rings. The van der Waals surface area contributed by atoms with E-state index >= 15 is 0 Å². The van der Waals surface area contributed by atoms with E-state index < -0.39 is 0 Å². The summed E-state index contributed by atoms with van der Waals surface area (Å²) in [5.74, 6) is -0.346. The van der Waals surface area contributed by atoms with E-state index in [2.05, 4.69) is 15.5 Å². The van der Waals surface area contributed by atoms with Crippen LogP contribution in [0, 0.1) is 5.82 Å². The van der Waals surface area contributed by atoms with E-state index in [1.54, 1.807) is 24.3 Å². The Kier molecular flexibility index (Phi) is 4.68. The zero-order valence-corrected chi connectivity index (χ0v) is 13.3. The minimum absolute atomic E-state index is 0.124. The van der Waals surface area contributed by atoms with Crippen molar-refractivity contribution in [1.29, 1.82) is 0 Å². The Balaban J connectivity index is 1.72. The van der Waals surface area contributed by atoms with Gasteiger partial charge in [0, 0.05) is 10.6 Å². The molecule has 8 heteroatoms. The number of hydrogen-bond acceptors (Lipinski definition) is 5. The molecule has 0 amide bonds. The predicted molar refractivity (Wildman–Crippen MR) is 85.6 cm³/mol. The molecule has 116 valence electrons. The highest BCUT2D eigenvalue weighted by atomic mass is 35.5. The third kappa shape index (κ3) is 3.75. The molecular formula is C15H10ClFN4OS. The molecule has 0 saturated carbocycles. The second kappa shape index (κ2) is 6.89. The first-order valence-corrected chi connectivity index (χ1v) is 7.96. The van der Waals surface area contributed by atoms with Crippen molar-refractivity contribution in [2.24, 2.45) is 0 Å². The summed E-state index contributed by atoms with van der Waals surface area (Å²) in [6.07, 6.45) is 0. The van der Waals surface area contributed by atoms with Gasteiger partial charge < -0.3 is 0 Å². The summed E-state index contributed by atoms with van der Waals surface area (Å²) in [6.45, 7) is 0. The first-order valence-electron chi connectivity index (χ1n) is 6.59. The van der Waals surface area contributed by atoms with Gasteiger partial charge in [0.25, 0.3) is 0 Å². The van der Waals surface area contributed by atoms with Crippen LogP contribution < -0.4 is 0 Å². The quantitative estimate of drug-likeness (QED) is 0.522. The highest BCUT2D eigenvalue weighted by Gasteiger charge is 2.13. The molecule has 0 radical (unpaired) electrons. The van der Waals surface area contributed by atoms with Gasteiger partial charge in [-0.1, -0.05) is 23.4 Å². The Morgan fingerprint density at radius 1 is 1.13 bits per heavy atom. The second-order valence-corrected chi connectivity index (χ2v) is 5.95. The molecule has 0 atom stereocenters. The maximum absolute atomic E-state index is 12.9. The van der Waals surface area contributed by atoms with Crippen LogP contribution in [0.2, 0.25) is 5.02 Å². The molecule has 0 unspecified atom stereocenters. The van der Waals surface area contributed by atoms with Crippen LogP contribution in [0.15, 0.2) is 53.7 Å². The van der Waals surface area contributed by atoms with Crippen molar-refractivity contribution in [3.63, 3.8) is 0 Å². The van der Waals surface area contributed by atoms with Crippen molar-refractivity contribution in [1.82, 2.24) is 20.2 Å². The molecule has 1 aromatic heterocycles. The van der Waals surface area contributed by atoms with E-state index in [1.807, 2.05) is 0 Å². The van der Waals surface area contributed by atoms with Crippen molar-refractivity contribution >= 4 is 29.1 Å². The van der Waals surface area contributed by atoms with Crippen molar-refractivity contribution in [3.05, 3.63) is 64.9 Å². The highest BCUT2D eigenvalue weighted by Crippen LogP contribution is 2.20. The number of halogens is 2. The molecule has 3 rings (SSSR count). The largest absolute Gasteiger partial charge is 0.293 e. The van der Waals surface area contributed by atoms with Gasteiger partial charge in [-0.05, 0) is 59.0 Å². The van der Waals surface area contributed by atoms with Crippen LogP contribution in [0.1, 0.15) is 10.4 Å². The molecule has 5 nitrogen and oxygen atoms in total. The van der Waals surface area contributed by atoms with Crippen molar-refractivity contribution in [3.8, 4) is 5.69 Å². The number of tetrazole rings is 1. The lowest BCUT2D eigenvalue weighted by molar-refractivity contribution is 0.102. The third-order valence-corrected chi connectivity index (χ3v) is 4.18. The molecule has 2 aromatic carbocycles. The minimum Gasteiger partial charge on any atom is -0.293 e. The van der Waals surface area contributed by atoms with Gasteiger partial charge in [-0.3, -0.25) is 4.79 Å². The molecule has 0 fully saturated rings. The van der Waals surface area contributed by atoms with Gasteiger partial charge in [0.1, 0.15) is 5.82 Å². The summed E-state index contributed by atoms with van der Waals surface area (Å²) in [6, 6.07) is 12.5. The third-order valence-electron chi connectivity index (χ3n) is 3.01. The molecule has 3 aromatic rings. The van der Waals surface area contributed by atoms with E-state index in [1.165, 1.54) is 40.7 Å². The smallest absolute Gasteiger partial charge is 0.214 e. The minimum atomic E-state index is -0.374. The molecule has 0 N–H and O–H groups in total. The fourth-order valence-corrected chi connectivity index (χ4v) is 2.77. The Hall–Kier alpha value is -2.25. The Bertz CT molecular complexity index is 820. The van der Waals surface area contributed by atoms with Gasteiger partial charge in [0.15, 0.2) is 5.78 Å². The number of carbonyl (C=O) groups excluding carboxylic acids is 1. The topological polar surface area (TPSA) is 60.7 Å². The summed E-state index contributed by atoms with van der Waals surface area (Å²) in [7, 11) is 0. The predicted octanol–water partition coefficient (Wildman–Crippen LogP) is 3.43. The maximum atomic E-state index is 12.9. The van der Waals surface area contributed by atoms with Crippen LogP contribution in [0.25, 0.3) is 5.69 Å². The lowest BCUT2D eigenvalue weighted by Gasteiger charge is -2.04. The van der Waals surface area contributed by atoms with Crippen LogP contribution >= 0.6 is 23.4 Å². The fraction of sp³-hybridized carbons (Fsp3) is 0.0667. The maximum Gasteiger partial charge on any atom is 0.214 e. The summed E-state index contributed by atoms with van der Waals surface area (Å²) in [4.78, 5) is 12.1. The molecule has 0 bridgehead atoms. The van der Waals surface area contributed by atoms with E-state index in [0.29, 0.717) is 15.7 Å². The van der Waals surface area contributed by atoms with Crippen molar-refractivity contribution in [2.75, 3.05) is 5.75 Å². The van der Waals surface area contributed by atoms with Gasteiger partial charge in [-0.15, -0.1) is 5.10 Å². The lowest BCUT2D eigenvalue weighted by atomic mass is 10.1. The lowest BCUT2D eigenvalue weighted by Crippen LogP contribution is -2.05. The number of thioether (sulfide) groups is 1. The number of aromatic nitrogens is 4. The molecule has 0 aliphatic carbocycles. The zero-order chi connectivity index (χ0) is 16.2. The first-order chi connectivity index (χ1) is 11.1. The zero-order valence-electron chi connectivity index (χ0n) is 11.7. The van der Waals surface area contributed by atoms with Crippen molar-refractivity contribution in [2.45, 2.75) is 5.16 Å². The van der Waals surface area contributed by atoms with E-state index in [-0.39, 0.29) is 17.4 Å². The number of rotatable bonds is 5. The average Bonchev–Trinajstić information content (AvgIpc) is 3.02. The van der Waals surface area contributed by atoms with Gasteiger partial charge in [0.2, 0.25) is 5.16 Å². The van der Waals surface area contributed by atoms with Crippen LogP contribution in [0.3, 0.4) is 0 Å². The number of Topliss-reactive ketones (excluding diaryl/α,β-unsaturated/α-hetero) is 1.